The second-order valence-corrected chi connectivity index (χ2v) is 25.0. The predicted molar refractivity (Wildman–Crippen MR) is 340 cm³/mol. The van der Waals surface area contributed by atoms with Crippen molar-refractivity contribution in [3.8, 4) is 33.4 Å². The minimum absolute atomic E-state index is 0.00811. The molecule has 7 aromatic carbocycles. The van der Waals surface area contributed by atoms with Gasteiger partial charge in [0.25, 0.3) is 0 Å². The van der Waals surface area contributed by atoms with E-state index in [-0.39, 0.29) is 21.8 Å². The first-order valence-corrected chi connectivity index (χ1v) is 30.3. The first kappa shape index (κ1) is 58.2. The van der Waals surface area contributed by atoms with Crippen molar-refractivity contribution in [3.63, 3.8) is 0 Å². The van der Waals surface area contributed by atoms with Crippen molar-refractivity contribution in [3.05, 3.63) is 209 Å². The Bertz CT molecular complexity index is 3320. The highest BCUT2D eigenvalue weighted by molar-refractivity contribution is 5.91. The van der Waals surface area contributed by atoms with Crippen LogP contribution in [0.2, 0.25) is 0 Å². The fraction of sp³-hybridized carbons (Fsp3) is 0.360. The molecule has 6 heteroatoms. The van der Waals surface area contributed by atoms with Crippen LogP contribution in [0.15, 0.2) is 182 Å². The second kappa shape index (κ2) is 25.6. The quantitative estimate of drug-likeness (QED) is 0.0587. The largest absolute Gasteiger partial charge is 0.481 e. The highest BCUT2D eigenvalue weighted by Crippen LogP contribution is 2.56. The van der Waals surface area contributed by atoms with Crippen LogP contribution in [0.25, 0.3) is 33.4 Å². The number of unbranched alkanes of at least 4 members (excludes halogenated alkanes) is 10. The summed E-state index contributed by atoms with van der Waals surface area (Å²) >= 11 is 0. The molecule has 81 heavy (non-hydrogen) atoms. The Labute approximate surface area is 484 Å². The lowest BCUT2D eigenvalue weighted by atomic mass is 9.69. The molecule has 0 radical (unpaired) electrons. The van der Waals surface area contributed by atoms with Crippen LogP contribution in [0.4, 0.5) is 28.4 Å². The lowest BCUT2D eigenvalue weighted by Gasteiger charge is -2.34. The van der Waals surface area contributed by atoms with Gasteiger partial charge in [0, 0.05) is 39.5 Å². The van der Waals surface area contributed by atoms with Crippen molar-refractivity contribution >= 4 is 40.4 Å². The molecule has 0 aliphatic heterocycles. The van der Waals surface area contributed by atoms with E-state index < -0.39 is 17.9 Å². The Morgan fingerprint density at radius 2 is 0.926 bits per heavy atom. The topological polar surface area (TPSA) is 81.1 Å². The molecule has 0 aromatic heterocycles. The number of rotatable bonds is 24. The Morgan fingerprint density at radius 1 is 0.481 bits per heavy atom. The molecule has 9 rings (SSSR count). The summed E-state index contributed by atoms with van der Waals surface area (Å²) in [5, 5.41) is 20.1. The van der Waals surface area contributed by atoms with Crippen LogP contribution in [-0.4, -0.2) is 22.2 Å². The van der Waals surface area contributed by atoms with E-state index in [1.165, 1.54) is 116 Å². The van der Waals surface area contributed by atoms with Gasteiger partial charge in [0.1, 0.15) is 0 Å². The number of benzene rings is 7. The van der Waals surface area contributed by atoms with E-state index in [1.54, 1.807) is 12.1 Å². The number of anilines is 5. The molecule has 1 unspecified atom stereocenters. The fourth-order valence-electron chi connectivity index (χ4n) is 12.4. The van der Waals surface area contributed by atoms with Crippen LogP contribution >= 0.6 is 0 Å². The van der Waals surface area contributed by atoms with E-state index in [2.05, 4.69) is 199 Å². The molecule has 6 nitrogen and oxygen atoms in total. The first-order chi connectivity index (χ1) is 39.0. The van der Waals surface area contributed by atoms with Gasteiger partial charge in [0.15, 0.2) is 0 Å². The number of aliphatic carboxylic acids is 1. The molecule has 0 amide bonds. The van der Waals surface area contributed by atoms with Gasteiger partial charge >= 0.3 is 11.9 Å². The van der Waals surface area contributed by atoms with E-state index in [9.17, 15) is 19.8 Å². The smallest absolute Gasteiger partial charge is 0.335 e. The zero-order valence-corrected chi connectivity index (χ0v) is 49.5. The van der Waals surface area contributed by atoms with Gasteiger partial charge in [0.05, 0.1) is 11.5 Å². The van der Waals surface area contributed by atoms with Crippen molar-refractivity contribution in [2.75, 3.05) is 9.80 Å². The van der Waals surface area contributed by atoms with Crippen LogP contribution < -0.4 is 9.80 Å². The lowest BCUT2D eigenvalue weighted by Crippen LogP contribution is -2.26. The van der Waals surface area contributed by atoms with Crippen molar-refractivity contribution in [1.82, 2.24) is 0 Å². The number of allylic oxidation sites excluding steroid dienone is 2. The van der Waals surface area contributed by atoms with Gasteiger partial charge in [-0.25, -0.2) is 4.79 Å². The van der Waals surface area contributed by atoms with Gasteiger partial charge in [-0.05, 0) is 171 Å². The minimum Gasteiger partial charge on any atom is -0.481 e. The van der Waals surface area contributed by atoms with Crippen molar-refractivity contribution in [2.45, 2.75) is 168 Å². The normalized spacial score (nSPS) is 14.5. The van der Waals surface area contributed by atoms with Gasteiger partial charge in [-0.15, -0.1) is 0 Å². The maximum absolute atomic E-state index is 12.4. The van der Waals surface area contributed by atoms with E-state index in [4.69, 9.17) is 0 Å². The number of aromatic carboxylic acids is 1. The Hall–Kier alpha value is -7.44. The molecule has 1 atom stereocenters. The molecule has 0 bridgehead atoms. The Morgan fingerprint density at radius 3 is 1.43 bits per heavy atom. The van der Waals surface area contributed by atoms with Crippen LogP contribution in [-0.2, 0) is 21.0 Å². The first-order valence-electron chi connectivity index (χ1n) is 30.3. The summed E-state index contributed by atoms with van der Waals surface area (Å²) in [4.78, 5) is 28.9. The molecular formula is C75H86N2O4. The van der Waals surface area contributed by atoms with E-state index in [0.29, 0.717) is 6.42 Å². The molecular weight excluding hydrogens is 993 g/mol. The summed E-state index contributed by atoms with van der Waals surface area (Å²) < 4.78 is 0. The molecule has 0 saturated heterocycles. The summed E-state index contributed by atoms with van der Waals surface area (Å²) in [7, 11) is 0. The van der Waals surface area contributed by atoms with Gasteiger partial charge in [0.2, 0.25) is 0 Å². The highest BCUT2D eigenvalue weighted by Gasteiger charge is 2.43. The molecule has 2 aliphatic carbocycles. The van der Waals surface area contributed by atoms with Crippen LogP contribution in [0, 0.1) is 5.92 Å². The number of hydrogen-bond acceptors (Lipinski definition) is 4. The van der Waals surface area contributed by atoms with Gasteiger partial charge in [-0.1, -0.05) is 223 Å². The Kier molecular flexibility index (Phi) is 18.4. The molecule has 2 N–H and O–H groups in total. The molecule has 0 fully saturated rings. The molecule has 420 valence electrons. The SMILES string of the molecule is CCCCCCCCC1(CCCCCCCC)c2cc(-c3ccc(N(c4ccc(-c5ccc(N(C6=CC(C(=O)O)CC=C6)c6ccc(C(C)(C)C)cc6)cc5)cc4)c4cccc(C(=O)O)c4)cc3)ccc2-c2ccc(C(C)(C)C)cc21. The number of fused-ring (bicyclic) bond motifs is 3. The average molecular weight is 1080 g/mol. The number of nitrogens with zero attached hydrogens (tertiary/aromatic N) is 2. The summed E-state index contributed by atoms with van der Waals surface area (Å²) in [6.07, 6.45) is 24.0. The third-order valence-corrected chi connectivity index (χ3v) is 17.2. The number of carboxylic acids is 2. The lowest BCUT2D eigenvalue weighted by molar-refractivity contribution is -0.140. The Balaban J connectivity index is 1.04. The predicted octanol–water partition coefficient (Wildman–Crippen LogP) is 21.2. The van der Waals surface area contributed by atoms with Crippen LogP contribution in [0.5, 0.6) is 0 Å². The molecule has 2 aliphatic rings. The summed E-state index contributed by atoms with van der Waals surface area (Å²) in [6.45, 7) is 18.2. The maximum atomic E-state index is 12.4. The van der Waals surface area contributed by atoms with Gasteiger partial charge in [-0.3, -0.25) is 4.79 Å². The summed E-state index contributed by atoms with van der Waals surface area (Å²) in [5.41, 5.74) is 18.4. The fourth-order valence-corrected chi connectivity index (χ4v) is 12.4. The number of carbonyl (C=O) groups is 2. The summed E-state index contributed by atoms with van der Waals surface area (Å²) in [6, 6.07) is 56.1. The number of carboxylic acid groups (broad SMARTS) is 2. The molecule has 0 heterocycles. The van der Waals surface area contributed by atoms with Crippen molar-refractivity contribution in [2.24, 2.45) is 5.92 Å². The summed E-state index contributed by atoms with van der Waals surface area (Å²) in [5.74, 6) is -2.41. The molecule has 0 saturated carbocycles. The monoisotopic (exact) mass is 1080 g/mol. The zero-order valence-electron chi connectivity index (χ0n) is 49.5. The van der Waals surface area contributed by atoms with Crippen molar-refractivity contribution < 1.29 is 19.8 Å². The molecule has 7 aromatic rings. The maximum Gasteiger partial charge on any atom is 0.335 e. The highest BCUT2D eigenvalue weighted by atomic mass is 16.4. The van der Waals surface area contributed by atoms with Gasteiger partial charge < -0.3 is 20.0 Å². The van der Waals surface area contributed by atoms with Gasteiger partial charge in [-0.2, -0.15) is 0 Å². The van der Waals surface area contributed by atoms with E-state index in [0.717, 1.165) is 63.7 Å². The minimum atomic E-state index is -0.971. The van der Waals surface area contributed by atoms with E-state index >= 15 is 0 Å². The van der Waals surface area contributed by atoms with Crippen LogP contribution in [0.1, 0.15) is 184 Å². The number of hydrogen-bond donors (Lipinski definition) is 2. The van der Waals surface area contributed by atoms with Crippen molar-refractivity contribution in [1.29, 1.82) is 0 Å². The second-order valence-electron chi connectivity index (χ2n) is 25.0. The third kappa shape index (κ3) is 13.3. The van der Waals surface area contributed by atoms with Crippen LogP contribution in [0.3, 0.4) is 0 Å². The zero-order chi connectivity index (χ0) is 57.3. The average Bonchev–Trinajstić information content (AvgIpc) is 2.78. The van der Waals surface area contributed by atoms with E-state index in [1.807, 2.05) is 30.4 Å². The third-order valence-electron chi connectivity index (χ3n) is 17.2. The standard InChI is InChI=1S/C75H86N2O4/c1-9-11-13-15-17-19-47-75(48-20-18-16-14-12-10-2)69-51-56(33-45-67(69)68-46-36-60(52-70(68)75)74(6,7)8)55-31-41-63(42-32-55)76(65-25-21-23-57(49-65)71(78)79)61-37-27-53(28-38-61)54-29-39-62(40-30-54)77(66-26-22-24-58(50-66)72(80)81)64-43-34-59(35-44-64)73(3,4)5/h21-23,25-46,49-52,58H,9-20,24,47-48H2,1-8H3,(H,78,79)(H,80,81). The molecule has 0 spiro atoms.